The number of nitrogens with two attached hydrogens (primary N) is 1. The number of hydrogen-bond acceptors (Lipinski definition) is 2. The fraction of sp³-hybridized carbons (Fsp3) is 0.214. The number of para-hydroxylation sites is 1. The van der Waals surface area contributed by atoms with Crippen LogP contribution in [0.1, 0.15) is 11.1 Å². The van der Waals surface area contributed by atoms with E-state index in [4.69, 9.17) is 5.73 Å². The summed E-state index contributed by atoms with van der Waals surface area (Å²) in [4.78, 5) is 13.8. The number of H-pyrrole nitrogens is 1. The second kappa shape index (κ2) is 4.97. The largest absolute Gasteiger partial charge is 0.361 e. The highest BCUT2D eigenvalue weighted by Gasteiger charge is 2.09. The minimum absolute atomic E-state index is 0.433. The van der Waals surface area contributed by atoms with Crippen LogP contribution in [0.3, 0.4) is 0 Å². The Kier molecular flexibility index (Phi) is 3.40. The Morgan fingerprint density at radius 2 is 2.24 bits per heavy atom. The molecule has 88 valence electrons. The van der Waals surface area contributed by atoms with Crippen LogP contribution in [-0.2, 0) is 17.6 Å². The number of nitrogens with one attached hydrogen (secondary N) is 1. The first-order valence-electron chi connectivity index (χ1n) is 5.66. The molecule has 0 spiro atoms. The Hall–Kier alpha value is -1.87. The molecule has 0 amide bonds. The Labute approximate surface area is 100 Å². The van der Waals surface area contributed by atoms with Crippen molar-refractivity contribution in [2.45, 2.75) is 18.9 Å². The lowest BCUT2D eigenvalue weighted by Gasteiger charge is -2.03. The van der Waals surface area contributed by atoms with Crippen LogP contribution in [-0.4, -0.2) is 17.3 Å². The van der Waals surface area contributed by atoms with Gasteiger partial charge in [0.2, 0.25) is 0 Å². The lowest BCUT2D eigenvalue weighted by molar-refractivity contribution is -0.108. The van der Waals surface area contributed by atoms with Crippen molar-refractivity contribution in [2.75, 3.05) is 0 Å². The lowest BCUT2D eigenvalue weighted by Crippen LogP contribution is -2.23. The molecular formula is C14H16N2O. The van der Waals surface area contributed by atoms with Gasteiger partial charge in [0.25, 0.3) is 0 Å². The number of aromatic amines is 1. The van der Waals surface area contributed by atoms with Crippen molar-refractivity contribution < 1.29 is 4.79 Å². The van der Waals surface area contributed by atoms with E-state index >= 15 is 0 Å². The van der Waals surface area contributed by atoms with Crippen LogP contribution in [0.5, 0.6) is 0 Å². The molecule has 1 aromatic carbocycles. The van der Waals surface area contributed by atoms with Gasteiger partial charge >= 0.3 is 0 Å². The van der Waals surface area contributed by atoms with E-state index in [0.29, 0.717) is 6.42 Å². The third-order valence-electron chi connectivity index (χ3n) is 2.88. The zero-order valence-electron chi connectivity index (χ0n) is 9.65. The molecule has 0 saturated heterocycles. The second-order valence-electron chi connectivity index (χ2n) is 4.15. The van der Waals surface area contributed by atoms with Gasteiger partial charge in [-0.25, -0.2) is 0 Å². The van der Waals surface area contributed by atoms with Crippen molar-refractivity contribution in [1.29, 1.82) is 0 Å². The molecule has 1 heterocycles. The van der Waals surface area contributed by atoms with E-state index in [9.17, 15) is 4.79 Å². The first-order chi connectivity index (χ1) is 8.26. The quantitative estimate of drug-likeness (QED) is 0.607. The predicted octanol–water partition coefficient (Wildman–Crippen LogP) is 1.97. The van der Waals surface area contributed by atoms with Crippen LogP contribution in [0.2, 0.25) is 0 Å². The van der Waals surface area contributed by atoms with Gasteiger partial charge in [-0.15, -0.1) is 6.58 Å². The summed E-state index contributed by atoms with van der Waals surface area (Å²) in [6.07, 6.45) is 6.00. The summed E-state index contributed by atoms with van der Waals surface area (Å²) < 4.78 is 0. The summed E-state index contributed by atoms with van der Waals surface area (Å²) >= 11 is 0. The molecule has 3 nitrogen and oxygen atoms in total. The molecule has 0 unspecified atom stereocenters. The Morgan fingerprint density at radius 1 is 1.41 bits per heavy atom. The zero-order chi connectivity index (χ0) is 12.3. The van der Waals surface area contributed by atoms with E-state index in [1.54, 1.807) is 0 Å². The molecule has 3 N–H and O–H groups in total. The first kappa shape index (κ1) is 11.6. The zero-order valence-corrected chi connectivity index (χ0v) is 9.65. The van der Waals surface area contributed by atoms with Crippen molar-refractivity contribution >= 4 is 17.2 Å². The third kappa shape index (κ3) is 2.29. The Balaban J connectivity index is 2.43. The fourth-order valence-electron chi connectivity index (χ4n) is 2.07. The summed E-state index contributed by atoms with van der Waals surface area (Å²) in [6.45, 7) is 3.75. The van der Waals surface area contributed by atoms with Gasteiger partial charge in [0.05, 0.1) is 6.04 Å². The van der Waals surface area contributed by atoms with Crippen LogP contribution in [0.4, 0.5) is 0 Å². The maximum atomic E-state index is 10.6. The number of aldehydes is 1. The van der Waals surface area contributed by atoms with E-state index in [1.807, 2.05) is 24.4 Å². The maximum absolute atomic E-state index is 10.6. The molecule has 0 fully saturated rings. The van der Waals surface area contributed by atoms with Gasteiger partial charge in [-0.1, -0.05) is 24.3 Å². The molecule has 1 aromatic heterocycles. The minimum atomic E-state index is -0.433. The highest BCUT2D eigenvalue weighted by molar-refractivity contribution is 5.86. The first-order valence-corrected chi connectivity index (χ1v) is 5.66. The molecule has 1 atom stereocenters. The number of carbonyl (C=O) groups is 1. The van der Waals surface area contributed by atoms with Crippen molar-refractivity contribution in [3.05, 3.63) is 48.2 Å². The van der Waals surface area contributed by atoms with E-state index in [1.165, 1.54) is 5.56 Å². The predicted molar refractivity (Wildman–Crippen MR) is 69.9 cm³/mol. The van der Waals surface area contributed by atoms with E-state index in [2.05, 4.69) is 17.6 Å². The van der Waals surface area contributed by atoms with Crippen LogP contribution in [0.25, 0.3) is 10.9 Å². The SMILES string of the molecule is C=CCc1cccc2c(C[C@H](N)C=O)c[nH]c12. The van der Waals surface area contributed by atoms with Gasteiger partial charge in [-0.3, -0.25) is 0 Å². The monoisotopic (exact) mass is 228 g/mol. The van der Waals surface area contributed by atoms with E-state index in [-0.39, 0.29) is 0 Å². The molecule has 2 aromatic rings. The molecule has 0 aliphatic heterocycles. The smallest absolute Gasteiger partial charge is 0.137 e. The summed E-state index contributed by atoms with van der Waals surface area (Å²) in [5, 5.41) is 1.14. The van der Waals surface area contributed by atoms with Gasteiger partial charge in [0.15, 0.2) is 0 Å². The summed E-state index contributed by atoms with van der Waals surface area (Å²) in [5.74, 6) is 0. The third-order valence-corrected chi connectivity index (χ3v) is 2.88. The number of aromatic nitrogens is 1. The average Bonchev–Trinajstić information content (AvgIpc) is 2.74. The molecule has 0 aliphatic rings. The molecular weight excluding hydrogens is 212 g/mol. The topological polar surface area (TPSA) is 58.9 Å². The highest BCUT2D eigenvalue weighted by Crippen LogP contribution is 2.23. The summed E-state index contributed by atoms with van der Waals surface area (Å²) in [7, 11) is 0. The number of fused-ring (bicyclic) bond motifs is 1. The van der Waals surface area contributed by atoms with Gasteiger partial charge in [-0.2, -0.15) is 0 Å². The van der Waals surface area contributed by atoms with Crippen LogP contribution in [0, 0.1) is 0 Å². The summed E-state index contributed by atoms with van der Waals surface area (Å²) in [5.41, 5.74) is 9.07. The number of allylic oxidation sites excluding steroid dienone is 1. The molecule has 0 radical (unpaired) electrons. The second-order valence-corrected chi connectivity index (χ2v) is 4.15. The standard InChI is InChI=1S/C14H16N2O/c1-2-4-10-5-3-6-13-11(7-12(15)9-17)8-16-14(10)13/h2-3,5-6,8-9,12,16H,1,4,7,15H2/t12-/m0/s1. The van der Waals surface area contributed by atoms with Crippen molar-refractivity contribution in [1.82, 2.24) is 4.98 Å². The number of benzene rings is 1. The number of carbonyl (C=O) groups excluding carboxylic acids is 1. The number of hydrogen-bond donors (Lipinski definition) is 2. The molecule has 2 rings (SSSR count). The lowest BCUT2D eigenvalue weighted by atomic mass is 10.0. The van der Waals surface area contributed by atoms with Gasteiger partial charge in [-0.05, 0) is 24.0 Å². The van der Waals surface area contributed by atoms with Crippen molar-refractivity contribution in [3.8, 4) is 0 Å². The van der Waals surface area contributed by atoms with Gasteiger partial charge in [0, 0.05) is 17.1 Å². The number of rotatable bonds is 5. The highest BCUT2D eigenvalue weighted by atomic mass is 16.1. The molecule has 17 heavy (non-hydrogen) atoms. The van der Waals surface area contributed by atoms with Gasteiger partial charge < -0.3 is 15.5 Å². The van der Waals surface area contributed by atoms with Gasteiger partial charge in [0.1, 0.15) is 6.29 Å². The fourth-order valence-corrected chi connectivity index (χ4v) is 2.07. The van der Waals surface area contributed by atoms with Crippen LogP contribution < -0.4 is 5.73 Å². The normalized spacial score (nSPS) is 12.5. The van der Waals surface area contributed by atoms with Crippen molar-refractivity contribution in [3.63, 3.8) is 0 Å². The van der Waals surface area contributed by atoms with Crippen molar-refractivity contribution in [2.24, 2.45) is 5.73 Å². The van der Waals surface area contributed by atoms with Crippen LogP contribution >= 0.6 is 0 Å². The molecule has 0 saturated carbocycles. The van der Waals surface area contributed by atoms with E-state index < -0.39 is 6.04 Å². The van der Waals surface area contributed by atoms with Crippen LogP contribution in [0.15, 0.2) is 37.1 Å². The molecule has 0 aliphatic carbocycles. The summed E-state index contributed by atoms with van der Waals surface area (Å²) in [6, 6.07) is 5.71. The average molecular weight is 228 g/mol. The maximum Gasteiger partial charge on any atom is 0.137 e. The Morgan fingerprint density at radius 3 is 2.94 bits per heavy atom. The Bertz CT molecular complexity index is 542. The van der Waals surface area contributed by atoms with E-state index in [0.717, 1.165) is 29.2 Å². The minimum Gasteiger partial charge on any atom is -0.361 e. The molecule has 0 bridgehead atoms. The molecule has 3 heteroatoms.